The van der Waals surface area contributed by atoms with Crippen LogP contribution in [0.15, 0.2) is 28.2 Å². The van der Waals surface area contributed by atoms with E-state index in [-0.39, 0.29) is 17.2 Å². The van der Waals surface area contributed by atoms with Crippen LogP contribution in [0.5, 0.6) is 0 Å². The van der Waals surface area contributed by atoms with Crippen LogP contribution in [0.25, 0.3) is 10.2 Å². The van der Waals surface area contributed by atoms with Crippen LogP contribution in [0, 0.1) is 0 Å². The first-order chi connectivity index (χ1) is 15.0. The molecule has 1 aliphatic carbocycles. The minimum Gasteiger partial charge on any atom is -0.383 e. The van der Waals surface area contributed by atoms with Gasteiger partial charge in [0.15, 0.2) is 5.16 Å². The second kappa shape index (κ2) is 9.92. The van der Waals surface area contributed by atoms with Crippen LogP contribution in [-0.4, -0.2) is 34.9 Å². The van der Waals surface area contributed by atoms with Gasteiger partial charge in [-0.2, -0.15) is 0 Å². The number of nitrogens with one attached hydrogen (secondary N) is 1. The molecule has 0 saturated heterocycles. The highest BCUT2D eigenvalue weighted by Gasteiger charge is 2.22. The lowest BCUT2D eigenvalue weighted by atomic mass is 9.97. The average Bonchev–Trinajstić information content (AvgIpc) is 3.09. The van der Waals surface area contributed by atoms with E-state index in [0.717, 1.165) is 41.5 Å². The molecule has 2 heterocycles. The van der Waals surface area contributed by atoms with Gasteiger partial charge in [-0.3, -0.25) is 14.2 Å². The minimum atomic E-state index is -0.235. The van der Waals surface area contributed by atoms with Crippen molar-refractivity contribution in [3.05, 3.63) is 49.0 Å². The van der Waals surface area contributed by atoms with Gasteiger partial charge < -0.3 is 10.1 Å². The summed E-state index contributed by atoms with van der Waals surface area (Å²) in [6.45, 7) is 0.775. The Balaban J connectivity index is 1.59. The first kappa shape index (κ1) is 22.6. The summed E-state index contributed by atoms with van der Waals surface area (Å²) < 4.78 is 6.82. The van der Waals surface area contributed by atoms with Gasteiger partial charge in [0.2, 0.25) is 5.91 Å². The maximum Gasteiger partial charge on any atom is 0.263 e. The number of thiophene rings is 1. The molecule has 0 unspecified atom stereocenters. The van der Waals surface area contributed by atoms with E-state index in [1.165, 1.54) is 16.6 Å². The molecule has 0 spiro atoms. The van der Waals surface area contributed by atoms with E-state index in [0.29, 0.717) is 34.0 Å². The smallest absolute Gasteiger partial charge is 0.263 e. The van der Waals surface area contributed by atoms with E-state index in [1.807, 2.05) is 0 Å². The Labute approximate surface area is 197 Å². The van der Waals surface area contributed by atoms with Gasteiger partial charge in [-0.25, -0.2) is 4.98 Å². The van der Waals surface area contributed by atoms with Crippen molar-refractivity contribution < 1.29 is 9.53 Å². The van der Waals surface area contributed by atoms with E-state index in [9.17, 15) is 9.59 Å². The third kappa shape index (κ3) is 5.09. The summed E-state index contributed by atoms with van der Waals surface area (Å²) in [4.78, 5) is 32.6. The highest BCUT2D eigenvalue weighted by Crippen LogP contribution is 2.34. The van der Waals surface area contributed by atoms with Crippen molar-refractivity contribution in [2.24, 2.45) is 0 Å². The van der Waals surface area contributed by atoms with Crippen LogP contribution in [0.4, 0.5) is 5.69 Å². The average molecular weight is 498 g/mol. The van der Waals surface area contributed by atoms with Gasteiger partial charge in [-0.15, -0.1) is 11.3 Å². The molecule has 0 atom stereocenters. The lowest BCUT2D eigenvalue weighted by molar-refractivity contribution is -0.113. The Kier molecular flexibility index (Phi) is 7.23. The van der Waals surface area contributed by atoms with Crippen molar-refractivity contribution >= 4 is 68.1 Å². The van der Waals surface area contributed by atoms with Crippen molar-refractivity contribution in [2.75, 3.05) is 24.8 Å². The molecule has 2 aromatic heterocycles. The number of ether oxygens (including phenoxy) is 1. The molecule has 164 valence electrons. The number of carbonyl (C=O) groups is 1. The van der Waals surface area contributed by atoms with Gasteiger partial charge in [0.25, 0.3) is 5.56 Å². The number of hydrogen-bond donors (Lipinski definition) is 1. The molecule has 31 heavy (non-hydrogen) atoms. The fourth-order valence-corrected chi connectivity index (χ4v) is 6.32. The van der Waals surface area contributed by atoms with Crippen LogP contribution < -0.4 is 10.9 Å². The first-order valence-corrected chi connectivity index (χ1v) is 12.4. The number of methoxy groups -OCH3 is 1. The maximum absolute atomic E-state index is 13.3. The number of anilines is 1. The van der Waals surface area contributed by atoms with Gasteiger partial charge in [0, 0.05) is 27.7 Å². The number of rotatable bonds is 7. The summed E-state index contributed by atoms with van der Waals surface area (Å²) in [6.07, 6.45) is 4.17. The number of benzene rings is 1. The van der Waals surface area contributed by atoms with Crippen molar-refractivity contribution in [1.82, 2.24) is 9.55 Å². The Morgan fingerprint density at radius 2 is 2.00 bits per heavy atom. The number of aromatic nitrogens is 2. The van der Waals surface area contributed by atoms with E-state index in [1.54, 1.807) is 41.2 Å². The molecule has 6 nitrogen and oxygen atoms in total. The molecule has 1 amide bonds. The molecule has 0 saturated carbocycles. The molecule has 1 aromatic carbocycles. The van der Waals surface area contributed by atoms with E-state index in [2.05, 4.69) is 5.32 Å². The highest BCUT2D eigenvalue weighted by molar-refractivity contribution is 7.99. The summed E-state index contributed by atoms with van der Waals surface area (Å²) in [5, 5.41) is 4.92. The first-order valence-electron chi connectivity index (χ1n) is 9.89. The zero-order valence-corrected chi connectivity index (χ0v) is 20.0. The Hall–Kier alpha value is -1.58. The molecule has 10 heteroatoms. The fraction of sp³-hybridized carbons (Fsp3) is 0.381. The standard InChI is InChI=1S/C21H21Cl2N3O3S2/c1-29-7-6-26-20(28)18-15-4-2-3-5-16(15)31-19(18)25-21(26)30-11-17(27)24-14-9-12(22)8-13(23)10-14/h8-10H,2-7,11H2,1H3,(H,24,27). The van der Waals surface area contributed by atoms with Gasteiger partial charge >= 0.3 is 0 Å². The van der Waals surface area contributed by atoms with Crippen LogP contribution in [-0.2, 0) is 28.9 Å². The number of thioether (sulfide) groups is 1. The number of nitrogens with zero attached hydrogens (tertiary/aromatic N) is 2. The molecule has 0 aliphatic heterocycles. The molecule has 0 fully saturated rings. The van der Waals surface area contributed by atoms with E-state index >= 15 is 0 Å². The zero-order valence-electron chi connectivity index (χ0n) is 16.9. The summed E-state index contributed by atoms with van der Waals surface area (Å²) in [6, 6.07) is 4.86. The lowest BCUT2D eigenvalue weighted by Crippen LogP contribution is -2.26. The molecule has 0 bridgehead atoms. The van der Waals surface area contributed by atoms with Crippen LogP contribution in [0.2, 0.25) is 10.0 Å². The van der Waals surface area contributed by atoms with Crippen molar-refractivity contribution in [1.29, 1.82) is 0 Å². The van der Waals surface area contributed by atoms with Gasteiger partial charge in [-0.1, -0.05) is 35.0 Å². The third-order valence-electron chi connectivity index (χ3n) is 5.04. The Bertz CT molecular complexity index is 1170. The van der Waals surface area contributed by atoms with Gasteiger partial charge in [0.1, 0.15) is 4.83 Å². The molecular formula is C21H21Cl2N3O3S2. The number of aryl methyl sites for hydroxylation is 2. The maximum atomic E-state index is 13.3. The monoisotopic (exact) mass is 497 g/mol. The molecular weight excluding hydrogens is 477 g/mol. The van der Waals surface area contributed by atoms with Crippen LogP contribution >= 0.6 is 46.3 Å². The lowest BCUT2D eigenvalue weighted by Gasteiger charge is -2.13. The normalized spacial score (nSPS) is 13.4. The predicted octanol–water partition coefficient (Wildman–Crippen LogP) is 5.02. The Morgan fingerprint density at radius 1 is 1.26 bits per heavy atom. The minimum absolute atomic E-state index is 0.0500. The second-order valence-electron chi connectivity index (χ2n) is 7.23. The number of halogens is 2. The number of hydrogen-bond acceptors (Lipinski definition) is 6. The second-order valence-corrected chi connectivity index (χ2v) is 10.1. The van der Waals surface area contributed by atoms with Gasteiger partial charge in [-0.05, 0) is 49.4 Å². The van der Waals surface area contributed by atoms with E-state index in [4.69, 9.17) is 32.9 Å². The van der Waals surface area contributed by atoms with Crippen LogP contribution in [0.3, 0.4) is 0 Å². The summed E-state index contributed by atoms with van der Waals surface area (Å²) in [7, 11) is 1.60. The van der Waals surface area contributed by atoms with Gasteiger partial charge in [0.05, 0.1) is 24.3 Å². The van der Waals surface area contributed by atoms with Crippen LogP contribution in [0.1, 0.15) is 23.3 Å². The molecule has 3 aromatic rings. The number of amides is 1. The molecule has 1 aliphatic rings. The zero-order chi connectivity index (χ0) is 22.0. The number of carbonyl (C=O) groups excluding carboxylic acids is 1. The predicted molar refractivity (Wildman–Crippen MR) is 128 cm³/mol. The highest BCUT2D eigenvalue weighted by atomic mass is 35.5. The molecule has 0 radical (unpaired) electrons. The SMILES string of the molecule is COCCn1c(SCC(=O)Nc2cc(Cl)cc(Cl)c2)nc2sc3c(c2c1=O)CCCC3. The molecule has 4 rings (SSSR count). The largest absolute Gasteiger partial charge is 0.383 e. The quantitative estimate of drug-likeness (QED) is 0.366. The fourth-order valence-electron chi connectivity index (χ4n) is 3.66. The van der Waals surface area contributed by atoms with E-state index < -0.39 is 0 Å². The van der Waals surface area contributed by atoms with Crippen molar-refractivity contribution in [2.45, 2.75) is 37.4 Å². The molecule has 1 N–H and O–H groups in total. The summed E-state index contributed by atoms with van der Waals surface area (Å²) >= 11 is 14.8. The topological polar surface area (TPSA) is 73.2 Å². The van der Waals surface area contributed by atoms with Crippen molar-refractivity contribution in [3.8, 4) is 0 Å². The summed E-state index contributed by atoms with van der Waals surface area (Å²) in [5.41, 5.74) is 1.63. The number of fused-ring (bicyclic) bond motifs is 3. The van der Waals surface area contributed by atoms with Crippen molar-refractivity contribution in [3.63, 3.8) is 0 Å². The third-order valence-corrected chi connectivity index (χ3v) is 7.64. The Morgan fingerprint density at radius 3 is 2.74 bits per heavy atom. The summed E-state index contributed by atoms with van der Waals surface area (Å²) in [5.74, 6) is -0.137.